The van der Waals surface area contributed by atoms with Crippen LogP contribution < -0.4 is 20.5 Å². The predicted molar refractivity (Wildman–Crippen MR) is 117 cm³/mol. The number of piperidine rings is 1. The van der Waals surface area contributed by atoms with Gasteiger partial charge in [0.1, 0.15) is 5.52 Å². The van der Waals surface area contributed by atoms with Gasteiger partial charge in [0.15, 0.2) is 17.1 Å². The average Bonchev–Trinajstić information content (AvgIpc) is 3.18. The maximum Gasteiger partial charge on any atom is 0.295 e. The maximum absolute atomic E-state index is 11.6. The Bertz CT molecular complexity index is 1060. The number of benzene rings is 2. The van der Waals surface area contributed by atoms with Gasteiger partial charge in [0.2, 0.25) is 0 Å². The van der Waals surface area contributed by atoms with Crippen molar-refractivity contribution in [3.63, 3.8) is 0 Å². The van der Waals surface area contributed by atoms with Crippen LogP contribution in [-0.4, -0.2) is 48.6 Å². The smallest absolute Gasteiger partial charge is 0.295 e. The summed E-state index contributed by atoms with van der Waals surface area (Å²) in [7, 11) is 1.65. The second-order valence-corrected chi connectivity index (χ2v) is 7.56. The third-order valence-electron chi connectivity index (χ3n) is 5.45. The maximum atomic E-state index is 11.6. The highest BCUT2D eigenvalue weighted by molar-refractivity contribution is 6.03. The van der Waals surface area contributed by atoms with Crippen molar-refractivity contribution < 1.29 is 18.7 Å². The van der Waals surface area contributed by atoms with E-state index in [1.165, 1.54) is 5.56 Å². The molecule has 3 aromatic rings. The molecule has 1 aliphatic heterocycles. The molecule has 0 unspecified atom stereocenters. The lowest BCUT2D eigenvalue weighted by Gasteiger charge is -2.32. The van der Waals surface area contributed by atoms with Crippen LogP contribution in [0.4, 0.5) is 6.01 Å². The molecule has 0 spiro atoms. The van der Waals surface area contributed by atoms with Crippen LogP contribution in [0.15, 0.2) is 34.7 Å². The van der Waals surface area contributed by atoms with Crippen LogP contribution in [0.2, 0.25) is 0 Å². The van der Waals surface area contributed by atoms with E-state index in [-0.39, 0.29) is 11.6 Å². The molecule has 8 heteroatoms. The van der Waals surface area contributed by atoms with Crippen LogP contribution in [0.1, 0.15) is 35.7 Å². The molecule has 1 aliphatic rings. The summed E-state index contributed by atoms with van der Waals surface area (Å²) < 4.78 is 16.8. The Morgan fingerprint density at radius 2 is 2.13 bits per heavy atom. The SMILES string of the molecule is CCOc1cc(CN2CCC(Nc3nc4c(C(N)=O)[c]ccc4o3)CC2)ccc1OC. The summed E-state index contributed by atoms with van der Waals surface area (Å²) in [5.41, 5.74) is 7.82. The summed E-state index contributed by atoms with van der Waals surface area (Å²) in [5.74, 6) is 0.969. The Kier molecular flexibility index (Phi) is 6.27. The van der Waals surface area contributed by atoms with E-state index in [9.17, 15) is 4.79 Å². The van der Waals surface area contributed by atoms with Crippen molar-refractivity contribution in [1.82, 2.24) is 9.88 Å². The van der Waals surface area contributed by atoms with E-state index in [4.69, 9.17) is 19.6 Å². The van der Waals surface area contributed by atoms with E-state index in [0.717, 1.165) is 44.0 Å². The van der Waals surface area contributed by atoms with Crippen LogP contribution in [0.3, 0.4) is 0 Å². The van der Waals surface area contributed by atoms with E-state index >= 15 is 0 Å². The standard InChI is InChI=1S/C23H27N4O4/c1-3-30-20-13-15(7-8-18(20)29-2)14-27-11-9-16(10-12-27)25-23-26-21-17(22(24)28)5-4-6-19(21)31-23/h4,6-8,13,16H,3,9-12,14H2,1-2H3,(H2,24,28)(H,25,26). The van der Waals surface area contributed by atoms with Gasteiger partial charge in [-0.15, -0.1) is 0 Å². The van der Waals surface area contributed by atoms with Gasteiger partial charge in [-0.1, -0.05) is 6.07 Å². The second-order valence-electron chi connectivity index (χ2n) is 7.56. The Labute approximate surface area is 181 Å². The highest BCUT2D eigenvalue weighted by atomic mass is 16.5. The zero-order valence-corrected chi connectivity index (χ0v) is 17.8. The van der Waals surface area contributed by atoms with Crippen LogP contribution in [-0.2, 0) is 6.54 Å². The number of carbonyl (C=O) groups is 1. The number of oxazole rings is 1. The molecule has 1 amide bonds. The number of nitrogens with two attached hydrogens (primary N) is 1. The summed E-state index contributed by atoms with van der Waals surface area (Å²) in [4.78, 5) is 18.4. The number of primary amides is 1. The predicted octanol–water partition coefficient (Wildman–Crippen LogP) is 3.21. The van der Waals surface area contributed by atoms with E-state index in [1.54, 1.807) is 19.2 Å². The Morgan fingerprint density at radius 3 is 2.84 bits per heavy atom. The lowest BCUT2D eigenvalue weighted by atomic mass is 10.0. The first-order valence-electron chi connectivity index (χ1n) is 10.5. The number of hydrogen-bond acceptors (Lipinski definition) is 7. The highest BCUT2D eigenvalue weighted by Crippen LogP contribution is 2.29. The molecule has 1 aromatic heterocycles. The molecule has 1 saturated heterocycles. The molecular formula is C23H27N4O4. The molecule has 1 fully saturated rings. The van der Waals surface area contributed by atoms with Gasteiger partial charge in [-0.25, -0.2) is 0 Å². The monoisotopic (exact) mass is 423 g/mol. The number of fused-ring (bicyclic) bond motifs is 1. The van der Waals surface area contributed by atoms with Gasteiger partial charge >= 0.3 is 0 Å². The number of ether oxygens (including phenoxy) is 2. The molecule has 3 N–H and O–H groups in total. The zero-order chi connectivity index (χ0) is 21.8. The fraction of sp³-hybridized carbons (Fsp3) is 0.391. The molecule has 2 heterocycles. The number of amides is 1. The number of nitrogens with one attached hydrogen (secondary N) is 1. The Hall–Kier alpha value is -3.26. The minimum atomic E-state index is -0.565. The van der Waals surface area contributed by atoms with Crippen LogP contribution >= 0.6 is 0 Å². The minimum absolute atomic E-state index is 0.245. The van der Waals surface area contributed by atoms with Crippen molar-refractivity contribution in [1.29, 1.82) is 0 Å². The van der Waals surface area contributed by atoms with Gasteiger partial charge in [-0.05, 0) is 55.7 Å². The van der Waals surface area contributed by atoms with Crippen molar-refractivity contribution in [2.45, 2.75) is 32.4 Å². The van der Waals surface area contributed by atoms with Crippen molar-refractivity contribution in [3.8, 4) is 11.5 Å². The fourth-order valence-corrected chi connectivity index (χ4v) is 3.90. The van der Waals surface area contributed by atoms with E-state index in [1.807, 2.05) is 13.0 Å². The minimum Gasteiger partial charge on any atom is -0.493 e. The molecule has 0 bridgehead atoms. The third-order valence-corrected chi connectivity index (χ3v) is 5.45. The van der Waals surface area contributed by atoms with E-state index in [0.29, 0.717) is 23.7 Å². The topological polar surface area (TPSA) is 103 Å². The number of nitrogens with zero attached hydrogens (tertiary/aromatic N) is 2. The molecular weight excluding hydrogens is 396 g/mol. The summed E-state index contributed by atoms with van der Waals surface area (Å²) in [6, 6.07) is 12.9. The fourth-order valence-electron chi connectivity index (χ4n) is 3.90. The summed E-state index contributed by atoms with van der Waals surface area (Å²) in [5, 5.41) is 3.35. The van der Waals surface area contributed by atoms with Crippen molar-refractivity contribution in [2.24, 2.45) is 5.73 Å². The number of aromatic nitrogens is 1. The first-order chi connectivity index (χ1) is 15.1. The van der Waals surface area contributed by atoms with Crippen LogP contribution in [0, 0.1) is 6.07 Å². The van der Waals surface area contributed by atoms with Gasteiger partial charge < -0.3 is 24.9 Å². The summed E-state index contributed by atoms with van der Waals surface area (Å²) >= 11 is 0. The lowest BCUT2D eigenvalue weighted by Crippen LogP contribution is -2.38. The van der Waals surface area contributed by atoms with Gasteiger partial charge in [-0.3, -0.25) is 9.69 Å². The largest absolute Gasteiger partial charge is 0.493 e. The van der Waals surface area contributed by atoms with Gasteiger partial charge in [0.05, 0.1) is 19.3 Å². The van der Waals surface area contributed by atoms with E-state index < -0.39 is 5.91 Å². The third kappa shape index (κ3) is 4.74. The van der Waals surface area contributed by atoms with Gasteiger partial charge in [-0.2, -0.15) is 4.98 Å². The molecule has 0 aliphatic carbocycles. The van der Waals surface area contributed by atoms with Crippen molar-refractivity contribution in [3.05, 3.63) is 47.5 Å². The van der Waals surface area contributed by atoms with Gasteiger partial charge in [0, 0.05) is 25.7 Å². The van der Waals surface area contributed by atoms with Crippen LogP contribution in [0.25, 0.3) is 11.1 Å². The average molecular weight is 423 g/mol. The van der Waals surface area contributed by atoms with E-state index in [2.05, 4.69) is 33.4 Å². The first kappa shape index (κ1) is 21.0. The number of rotatable bonds is 8. The molecule has 1 radical (unpaired) electrons. The highest BCUT2D eigenvalue weighted by Gasteiger charge is 2.22. The number of carbonyl (C=O) groups excluding carboxylic acids is 1. The molecule has 2 aromatic carbocycles. The van der Waals surface area contributed by atoms with Crippen molar-refractivity contribution in [2.75, 3.05) is 32.1 Å². The van der Waals surface area contributed by atoms with Gasteiger partial charge in [0.25, 0.3) is 11.9 Å². The second kappa shape index (κ2) is 9.26. The normalized spacial score (nSPS) is 15.2. The first-order valence-corrected chi connectivity index (χ1v) is 10.5. The quantitative estimate of drug-likeness (QED) is 0.573. The lowest BCUT2D eigenvalue weighted by molar-refractivity contribution is 0.100. The molecule has 0 atom stereocenters. The Morgan fingerprint density at radius 1 is 1.32 bits per heavy atom. The van der Waals surface area contributed by atoms with Crippen LogP contribution in [0.5, 0.6) is 11.5 Å². The Balaban J connectivity index is 1.35. The number of anilines is 1. The molecule has 163 valence electrons. The molecule has 0 saturated carbocycles. The number of likely N-dealkylation sites (tertiary alicyclic amines) is 1. The molecule has 31 heavy (non-hydrogen) atoms. The number of methoxy groups -OCH3 is 1. The zero-order valence-electron chi connectivity index (χ0n) is 17.8. The molecule has 4 rings (SSSR count). The number of hydrogen-bond donors (Lipinski definition) is 2. The van der Waals surface area contributed by atoms with Crippen molar-refractivity contribution >= 4 is 23.0 Å². The summed E-state index contributed by atoms with van der Waals surface area (Å²) in [6.07, 6.45) is 1.92. The summed E-state index contributed by atoms with van der Waals surface area (Å²) in [6.45, 7) is 5.33. The molecule has 8 nitrogen and oxygen atoms in total.